The van der Waals surface area contributed by atoms with Crippen molar-refractivity contribution in [3.63, 3.8) is 0 Å². The molecule has 25 heavy (non-hydrogen) atoms. The Labute approximate surface area is 146 Å². The van der Waals surface area contributed by atoms with Gasteiger partial charge in [0.15, 0.2) is 5.82 Å². The van der Waals surface area contributed by atoms with Gasteiger partial charge < -0.3 is 19.9 Å². The molecule has 1 aromatic heterocycles. The molecule has 2 amide bonds. The zero-order valence-electron chi connectivity index (χ0n) is 14.1. The highest BCUT2D eigenvalue weighted by molar-refractivity contribution is 5.74. The third-order valence-corrected chi connectivity index (χ3v) is 4.89. The molecule has 0 saturated heterocycles. The molecule has 2 aliphatic rings. The van der Waals surface area contributed by atoms with Crippen molar-refractivity contribution in [2.75, 3.05) is 6.54 Å². The number of aryl methyl sites for hydroxylation is 1. The molecule has 1 aliphatic carbocycles. The SMILES string of the molecule is O=C(NCc1nnc2n1CCC2)N(C[C@@H](O)c1ccccc1)C1CC1. The molecule has 1 aromatic carbocycles. The molecule has 4 rings (SSSR count). The van der Waals surface area contributed by atoms with E-state index in [0.29, 0.717) is 13.1 Å². The number of carbonyl (C=O) groups is 1. The molecule has 2 heterocycles. The van der Waals surface area contributed by atoms with Gasteiger partial charge in [-0.2, -0.15) is 0 Å². The fourth-order valence-electron chi connectivity index (χ4n) is 3.35. The van der Waals surface area contributed by atoms with Gasteiger partial charge in [-0.3, -0.25) is 0 Å². The number of hydrogen-bond donors (Lipinski definition) is 2. The molecule has 0 bridgehead atoms. The van der Waals surface area contributed by atoms with Gasteiger partial charge in [0.05, 0.1) is 19.2 Å². The van der Waals surface area contributed by atoms with Gasteiger partial charge in [0.25, 0.3) is 0 Å². The Morgan fingerprint density at radius 3 is 2.88 bits per heavy atom. The second-order valence-corrected chi connectivity index (χ2v) is 6.76. The first-order chi connectivity index (χ1) is 12.2. The third-order valence-electron chi connectivity index (χ3n) is 4.89. The molecule has 1 saturated carbocycles. The van der Waals surface area contributed by atoms with Crippen molar-refractivity contribution in [1.82, 2.24) is 25.0 Å². The van der Waals surface area contributed by atoms with Crippen molar-refractivity contribution >= 4 is 6.03 Å². The van der Waals surface area contributed by atoms with E-state index in [1.165, 1.54) is 0 Å². The van der Waals surface area contributed by atoms with E-state index < -0.39 is 6.10 Å². The fraction of sp³-hybridized carbons (Fsp3) is 0.500. The summed E-state index contributed by atoms with van der Waals surface area (Å²) in [6.45, 7) is 1.60. The Morgan fingerprint density at radius 1 is 1.32 bits per heavy atom. The second kappa shape index (κ2) is 6.84. The molecule has 2 N–H and O–H groups in total. The van der Waals surface area contributed by atoms with E-state index in [1.807, 2.05) is 30.3 Å². The number of aliphatic hydroxyl groups excluding tert-OH is 1. The average molecular weight is 341 g/mol. The number of urea groups is 1. The van der Waals surface area contributed by atoms with Gasteiger partial charge in [0.2, 0.25) is 0 Å². The van der Waals surface area contributed by atoms with Crippen molar-refractivity contribution < 1.29 is 9.90 Å². The molecule has 1 aliphatic heterocycles. The highest BCUT2D eigenvalue weighted by Gasteiger charge is 2.34. The minimum atomic E-state index is -0.676. The summed E-state index contributed by atoms with van der Waals surface area (Å²) in [5, 5.41) is 21.7. The van der Waals surface area contributed by atoms with Crippen LogP contribution in [0.2, 0.25) is 0 Å². The monoisotopic (exact) mass is 341 g/mol. The number of hydrogen-bond acceptors (Lipinski definition) is 4. The molecule has 1 atom stereocenters. The maximum Gasteiger partial charge on any atom is 0.318 e. The van der Waals surface area contributed by atoms with E-state index in [1.54, 1.807) is 4.90 Å². The van der Waals surface area contributed by atoms with Crippen LogP contribution in [0.1, 0.15) is 42.6 Å². The van der Waals surface area contributed by atoms with E-state index in [0.717, 1.165) is 49.4 Å². The predicted octanol–water partition coefficient (Wildman–Crippen LogP) is 1.63. The molecule has 1 fully saturated rings. The molecule has 2 aromatic rings. The van der Waals surface area contributed by atoms with Crippen LogP contribution < -0.4 is 5.32 Å². The van der Waals surface area contributed by atoms with E-state index in [-0.39, 0.29) is 12.1 Å². The topological polar surface area (TPSA) is 83.3 Å². The number of rotatable bonds is 6. The Kier molecular flexibility index (Phi) is 4.40. The van der Waals surface area contributed by atoms with Crippen LogP contribution in [0, 0.1) is 0 Å². The normalized spacial score (nSPS) is 17.2. The summed E-state index contributed by atoms with van der Waals surface area (Å²) >= 11 is 0. The quantitative estimate of drug-likeness (QED) is 0.836. The van der Waals surface area contributed by atoms with Gasteiger partial charge in [-0.25, -0.2) is 4.79 Å². The first kappa shape index (κ1) is 16.1. The molecule has 0 radical (unpaired) electrons. The second-order valence-electron chi connectivity index (χ2n) is 6.76. The van der Waals surface area contributed by atoms with Crippen molar-refractivity contribution in [2.24, 2.45) is 0 Å². The van der Waals surface area contributed by atoms with Gasteiger partial charge in [0.1, 0.15) is 5.82 Å². The summed E-state index contributed by atoms with van der Waals surface area (Å²) in [7, 11) is 0. The van der Waals surface area contributed by atoms with Gasteiger partial charge >= 0.3 is 6.03 Å². The lowest BCUT2D eigenvalue weighted by atomic mass is 10.1. The standard InChI is InChI=1S/C18H23N5O2/c24-15(13-5-2-1-3-6-13)12-23(14-8-9-14)18(25)19-11-17-21-20-16-7-4-10-22(16)17/h1-3,5-6,14-15,24H,4,7-12H2,(H,19,25)/t15-/m1/s1. The lowest BCUT2D eigenvalue weighted by Gasteiger charge is -2.25. The highest BCUT2D eigenvalue weighted by atomic mass is 16.3. The molecule has 7 heteroatoms. The van der Waals surface area contributed by atoms with E-state index >= 15 is 0 Å². The average Bonchev–Trinajstić information content (AvgIpc) is 3.24. The summed E-state index contributed by atoms with van der Waals surface area (Å²) in [4.78, 5) is 14.4. The summed E-state index contributed by atoms with van der Waals surface area (Å²) < 4.78 is 2.08. The largest absolute Gasteiger partial charge is 0.387 e. The number of amides is 2. The van der Waals surface area contributed by atoms with Gasteiger partial charge in [-0.05, 0) is 24.8 Å². The lowest BCUT2D eigenvalue weighted by Crippen LogP contribution is -2.43. The van der Waals surface area contributed by atoms with Crippen LogP contribution in [0.25, 0.3) is 0 Å². The number of nitrogens with one attached hydrogen (secondary N) is 1. The molecule has 7 nitrogen and oxygen atoms in total. The Balaban J connectivity index is 1.38. The summed E-state index contributed by atoms with van der Waals surface area (Å²) in [6.07, 6.45) is 3.36. The van der Waals surface area contributed by atoms with Crippen molar-refractivity contribution in [3.8, 4) is 0 Å². The lowest BCUT2D eigenvalue weighted by molar-refractivity contribution is 0.117. The minimum absolute atomic E-state index is 0.146. The Bertz CT molecular complexity index is 741. The van der Waals surface area contributed by atoms with Gasteiger partial charge in [-0.1, -0.05) is 30.3 Å². The molecular formula is C18H23N5O2. The number of carbonyl (C=O) groups excluding carboxylic acids is 1. The van der Waals surface area contributed by atoms with Crippen LogP contribution in [0.15, 0.2) is 30.3 Å². The molecule has 0 unspecified atom stereocenters. The summed E-state index contributed by atoms with van der Waals surface area (Å²) in [6, 6.07) is 9.55. The van der Waals surface area contributed by atoms with Crippen LogP contribution >= 0.6 is 0 Å². The van der Waals surface area contributed by atoms with Crippen LogP contribution in [0.5, 0.6) is 0 Å². The molecule has 0 spiro atoms. The van der Waals surface area contributed by atoms with E-state index in [2.05, 4.69) is 20.1 Å². The fourth-order valence-corrected chi connectivity index (χ4v) is 3.35. The first-order valence-corrected chi connectivity index (χ1v) is 8.91. The number of fused-ring (bicyclic) bond motifs is 1. The van der Waals surface area contributed by atoms with E-state index in [9.17, 15) is 9.90 Å². The third kappa shape index (κ3) is 3.51. The molecular weight excluding hydrogens is 318 g/mol. The minimum Gasteiger partial charge on any atom is -0.387 e. The summed E-state index contributed by atoms with van der Waals surface area (Å²) in [5.74, 6) is 1.81. The van der Waals surface area contributed by atoms with Crippen LogP contribution in [-0.2, 0) is 19.5 Å². The maximum absolute atomic E-state index is 12.6. The summed E-state index contributed by atoms with van der Waals surface area (Å²) in [5.41, 5.74) is 0.830. The number of aromatic nitrogens is 3. The zero-order valence-corrected chi connectivity index (χ0v) is 14.1. The number of nitrogens with zero attached hydrogens (tertiary/aromatic N) is 4. The van der Waals surface area contributed by atoms with Crippen LogP contribution in [0.3, 0.4) is 0 Å². The number of aliphatic hydroxyl groups is 1. The molecule has 132 valence electrons. The van der Waals surface area contributed by atoms with Gasteiger partial charge in [-0.15, -0.1) is 10.2 Å². The van der Waals surface area contributed by atoms with Crippen LogP contribution in [0.4, 0.5) is 4.79 Å². The van der Waals surface area contributed by atoms with Crippen molar-refractivity contribution in [3.05, 3.63) is 47.5 Å². The van der Waals surface area contributed by atoms with E-state index in [4.69, 9.17) is 0 Å². The number of benzene rings is 1. The van der Waals surface area contributed by atoms with Gasteiger partial charge in [0, 0.05) is 19.0 Å². The van der Waals surface area contributed by atoms with Crippen molar-refractivity contribution in [2.45, 2.75) is 50.9 Å². The van der Waals surface area contributed by atoms with Crippen molar-refractivity contribution in [1.29, 1.82) is 0 Å². The zero-order chi connectivity index (χ0) is 17.2. The Hall–Kier alpha value is -2.41. The smallest absolute Gasteiger partial charge is 0.318 e. The Morgan fingerprint density at radius 2 is 2.12 bits per heavy atom. The predicted molar refractivity (Wildman–Crippen MR) is 91.7 cm³/mol. The first-order valence-electron chi connectivity index (χ1n) is 8.91. The van der Waals surface area contributed by atoms with Crippen LogP contribution in [-0.4, -0.2) is 43.4 Å². The maximum atomic E-state index is 12.6. The highest BCUT2D eigenvalue weighted by Crippen LogP contribution is 2.29.